The molecule has 8 heteroatoms. The Morgan fingerprint density at radius 1 is 1.18 bits per heavy atom. The fraction of sp³-hybridized carbons (Fsp3) is 0.143. The largest absolute Gasteiger partial charge is 0.273 e. The summed E-state index contributed by atoms with van der Waals surface area (Å²) in [4.78, 5) is 17.7. The first kappa shape index (κ1) is 16.4. The molecule has 116 valence electrons. The van der Waals surface area contributed by atoms with Crippen LogP contribution in [0.4, 0.5) is 0 Å². The van der Waals surface area contributed by atoms with Crippen molar-refractivity contribution in [3.05, 3.63) is 59.9 Å². The number of pyridine rings is 1. The normalized spacial score (nSPS) is 11.1. The van der Waals surface area contributed by atoms with Gasteiger partial charge in [-0.1, -0.05) is 12.1 Å². The molecular formula is C14H14ClN3O3S. The van der Waals surface area contributed by atoms with Crippen molar-refractivity contribution in [1.29, 1.82) is 0 Å². The number of nitrogens with one attached hydrogen (secondary N) is 2. The molecule has 1 heterocycles. The van der Waals surface area contributed by atoms with Gasteiger partial charge in [0.15, 0.2) is 0 Å². The van der Waals surface area contributed by atoms with Crippen LogP contribution in [0.1, 0.15) is 15.9 Å². The van der Waals surface area contributed by atoms with Crippen molar-refractivity contribution in [2.45, 2.75) is 11.3 Å². The van der Waals surface area contributed by atoms with E-state index in [1.54, 1.807) is 18.2 Å². The lowest BCUT2D eigenvalue weighted by molar-refractivity contribution is 0.0944. The molecule has 0 spiro atoms. The maximum Gasteiger partial charge on any atom is 0.267 e. The van der Waals surface area contributed by atoms with Gasteiger partial charge in [-0.05, 0) is 36.2 Å². The molecule has 2 rings (SSSR count). The van der Waals surface area contributed by atoms with E-state index in [-0.39, 0.29) is 10.5 Å². The van der Waals surface area contributed by atoms with Crippen LogP contribution in [0.3, 0.4) is 0 Å². The summed E-state index contributed by atoms with van der Waals surface area (Å²) in [5.74, 6) is -0.124. The Hall–Kier alpha value is -1.96. The van der Waals surface area contributed by atoms with Gasteiger partial charge in [0.2, 0.25) is 0 Å². The number of alkyl halides is 1. The van der Waals surface area contributed by atoms with Crippen molar-refractivity contribution in [2.24, 2.45) is 0 Å². The molecule has 1 aromatic heterocycles. The van der Waals surface area contributed by atoms with Crippen LogP contribution in [0.25, 0.3) is 0 Å². The highest BCUT2D eigenvalue weighted by Gasteiger charge is 2.15. The number of carbonyl (C=O) groups excluding carboxylic acids is 1. The molecule has 0 aliphatic carbocycles. The summed E-state index contributed by atoms with van der Waals surface area (Å²) in [6.07, 6.45) is 3.51. The van der Waals surface area contributed by atoms with E-state index < -0.39 is 15.9 Å². The smallest absolute Gasteiger partial charge is 0.267 e. The number of aromatic nitrogens is 1. The zero-order chi connectivity index (χ0) is 16.0. The van der Waals surface area contributed by atoms with Crippen LogP contribution in [0.15, 0.2) is 53.7 Å². The molecule has 6 nitrogen and oxygen atoms in total. The third-order valence-corrected chi connectivity index (χ3v) is 4.29. The quantitative estimate of drug-likeness (QED) is 0.616. The predicted molar refractivity (Wildman–Crippen MR) is 82.9 cm³/mol. The minimum Gasteiger partial charge on any atom is -0.273 e. The molecule has 0 bridgehead atoms. The van der Waals surface area contributed by atoms with Gasteiger partial charge in [-0.3, -0.25) is 15.2 Å². The van der Waals surface area contributed by atoms with Crippen molar-refractivity contribution >= 4 is 27.5 Å². The molecule has 0 aliphatic heterocycles. The number of hydrogen-bond donors (Lipinski definition) is 2. The van der Waals surface area contributed by atoms with Gasteiger partial charge in [0.05, 0.1) is 10.5 Å². The summed E-state index contributed by atoms with van der Waals surface area (Å²) >= 11 is 5.63. The molecule has 0 atom stereocenters. The average molecular weight is 340 g/mol. The van der Waals surface area contributed by atoms with Gasteiger partial charge < -0.3 is 0 Å². The number of carbonyl (C=O) groups is 1. The zero-order valence-electron chi connectivity index (χ0n) is 11.5. The molecule has 0 fully saturated rings. The Morgan fingerprint density at radius 3 is 2.50 bits per heavy atom. The molecular weight excluding hydrogens is 326 g/mol. The van der Waals surface area contributed by atoms with Gasteiger partial charge in [-0.25, -0.2) is 8.42 Å². The second-order valence-corrected chi connectivity index (χ2v) is 6.44. The lowest BCUT2D eigenvalue weighted by Crippen LogP contribution is -2.41. The van der Waals surface area contributed by atoms with E-state index in [0.717, 1.165) is 5.56 Å². The Kier molecular flexibility index (Phi) is 5.48. The number of aryl methyl sites for hydroxylation is 1. The topological polar surface area (TPSA) is 88.2 Å². The third kappa shape index (κ3) is 4.27. The maximum atomic E-state index is 12.1. The van der Waals surface area contributed by atoms with Crippen LogP contribution in [0, 0.1) is 0 Å². The zero-order valence-corrected chi connectivity index (χ0v) is 13.1. The van der Waals surface area contributed by atoms with Crippen molar-refractivity contribution < 1.29 is 13.2 Å². The van der Waals surface area contributed by atoms with Gasteiger partial charge in [-0.2, -0.15) is 0 Å². The molecule has 0 saturated carbocycles. The molecule has 0 saturated heterocycles. The Bertz CT molecular complexity index is 734. The number of hydrazine groups is 1. The summed E-state index contributed by atoms with van der Waals surface area (Å²) in [6, 6.07) is 9.39. The van der Waals surface area contributed by atoms with E-state index in [1.165, 1.54) is 30.6 Å². The van der Waals surface area contributed by atoms with E-state index in [1.807, 2.05) is 4.83 Å². The fourth-order valence-corrected chi connectivity index (χ4v) is 2.74. The molecule has 22 heavy (non-hydrogen) atoms. The SMILES string of the molecule is O=C(NNS(=O)(=O)c1ccc(CCCl)cc1)c1cccnc1. The van der Waals surface area contributed by atoms with Crippen molar-refractivity contribution in [3.8, 4) is 0 Å². The van der Waals surface area contributed by atoms with E-state index in [9.17, 15) is 13.2 Å². The summed E-state index contributed by atoms with van der Waals surface area (Å²) in [6.45, 7) is 0. The standard InChI is InChI=1S/C14H14ClN3O3S/c15-8-7-11-3-5-13(6-4-11)22(20,21)18-17-14(19)12-2-1-9-16-10-12/h1-6,9-10,18H,7-8H2,(H,17,19). The first-order chi connectivity index (χ1) is 10.5. The molecule has 0 unspecified atom stereocenters. The van der Waals surface area contributed by atoms with E-state index in [4.69, 9.17) is 11.6 Å². The molecule has 1 amide bonds. The molecule has 0 radical (unpaired) electrons. The highest BCUT2D eigenvalue weighted by atomic mass is 35.5. The second-order valence-electron chi connectivity index (χ2n) is 4.38. The van der Waals surface area contributed by atoms with Gasteiger partial charge in [-0.15, -0.1) is 16.4 Å². The van der Waals surface area contributed by atoms with Crippen LogP contribution in [-0.2, 0) is 16.4 Å². The minimum atomic E-state index is -3.83. The number of nitrogens with zero attached hydrogens (tertiary/aromatic N) is 1. The number of amides is 1. The van der Waals surface area contributed by atoms with Gasteiger partial charge >= 0.3 is 0 Å². The van der Waals surface area contributed by atoms with Crippen LogP contribution >= 0.6 is 11.6 Å². The number of benzene rings is 1. The van der Waals surface area contributed by atoms with E-state index >= 15 is 0 Å². The first-order valence-electron chi connectivity index (χ1n) is 6.40. The third-order valence-electron chi connectivity index (χ3n) is 2.84. The molecule has 2 aromatic rings. The van der Waals surface area contributed by atoms with Gasteiger partial charge in [0.25, 0.3) is 15.9 Å². The minimum absolute atomic E-state index is 0.0531. The molecule has 2 N–H and O–H groups in total. The lowest BCUT2D eigenvalue weighted by Gasteiger charge is -2.08. The molecule has 1 aromatic carbocycles. The summed E-state index contributed by atoms with van der Waals surface area (Å²) < 4.78 is 24.1. The second kappa shape index (κ2) is 7.35. The number of rotatable bonds is 6. The number of sulfonamides is 1. The molecule has 0 aliphatic rings. The Morgan fingerprint density at radius 2 is 1.91 bits per heavy atom. The van der Waals surface area contributed by atoms with Crippen LogP contribution in [0.2, 0.25) is 0 Å². The van der Waals surface area contributed by atoms with E-state index in [0.29, 0.717) is 12.3 Å². The van der Waals surface area contributed by atoms with E-state index in [2.05, 4.69) is 10.4 Å². The highest BCUT2D eigenvalue weighted by Crippen LogP contribution is 2.11. The lowest BCUT2D eigenvalue weighted by atomic mass is 10.2. The van der Waals surface area contributed by atoms with Gasteiger partial charge in [0, 0.05) is 18.3 Å². The predicted octanol–water partition coefficient (Wildman–Crippen LogP) is 1.49. The van der Waals surface area contributed by atoms with Gasteiger partial charge in [0.1, 0.15) is 0 Å². The van der Waals surface area contributed by atoms with Crippen molar-refractivity contribution in [3.63, 3.8) is 0 Å². The Balaban J connectivity index is 2.03. The fourth-order valence-electron chi connectivity index (χ4n) is 1.69. The average Bonchev–Trinajstić information content (AvgIpc) is 2.54. The van der Waals surface area contributed by atoms with Crippen molar-refractivity contribution in [1.82, 2.24) is 15.2 Å². The van der Waals surface area contributed by atoms with Crippen LogP contribution in [-0.4, -0.2) is 25.2 Å². The maximum absolute atomic E-state index is 12.1. The number of halogens is 1. The van der Waals surface area contributed by atoms with Crippen LogP contribution < -0.4 is 10.3 Å². The highest BCUT2D eigenvalue weighted by molar-refractivity contribution is 7.89. The first-order valence-corrected chi connectivity index (χ1v) is 8.42. The van der Waals surface area contributed by atoms with Crippen molar-refractivity contribution in [2.75, 3.05) is 5.88 Å². The Labute approximate surface area is 133 Å². The summed E-state index contributed by atoms with van der Waals surface area (Å²) in [5, 5.41) is 0. The van der Waals surface area contributed by atoms with Crippen LogP contribution in [0.5, 0.6) is 0 Å². The summed E-state index contributed by atoms with van der Waals surface area (Å²) in [7, 11) is -3.83. The monoisotopic (exact) mass is 339 g/mol. The number of hydrogen-bond acceptors (Lipinski definition) is 4. The summed E-state index contributed by atoms with van der Waals surface area (Å²) in [5.41, 5.74) is 3.33.